The van der Waals surface area contributed by atoms with E-state index in [2.05, 4.69) is 4.74 Å². The second kappa shape index (κ2) is 9.55. The number of aryl methyl sites for hydroxylation is 3. The third-order valence-corrected chi connectivity index (χ3v) is 6.40. The standard InChI is InChI=1S/C25H23F3O7S/c1-14-9-15(2)21(16(3)10-14)34-22(29)19-7-5-18-12-20(8-6-17(18)11-19)23(30)35-24(4,25(26,27)28)13-36(31,32)33/h5-12H,13H2,1-4H3,(H,31,32,33). The van der Waals surface area contributed by atoms with Crippen molar-refractivity contribution in [2.75, 3.05) is 5.75 Å². The Bertz CT molecular complexity index is 1440. The molecule has 3 aromatic rings. The van der Waals surface area contributed by atoms with Gasteiger partial charge in [0.2, 0.25) is 5.60 Å². The van der Waals surface area contributed by atoms with Crippen LogP contribution >= 0.6 is 0 Å². The minimum Gasteiger partial charge on any atom is -0.445 e. The lowest BCUT2D eigenvalue weighted by atomic mass is 10.0. The average molecular weight is 525 g/mol. The van der Waals surface area contributed by atoms with Crippen LogP contribution < -0.4 is 4.74 Å². The number of hydrogen-bond acceptors (Lipinski definition) is 6. The van der Waals surface area contributed by atoms with Crippen molar-refractivity contribution in [2.45, 2.75) is 39.5 Å². The number of ether oxygens (including phenoxy) is 2. The zero-order valence-corrected chi connectivity index (χ0v) is 20.6. The lowest BCUT2D eigenvalue weighted by molar-refractivity contribution is -0.243. The van der Waals surface area contributed by atoms with Gasteiger partial charge in [0, 0.05) is 0 Å². The van der Waals surface area contributed by atoms with Crippen LogP contribution in [0, 0.1) is 20.8 Å². The van der Waals surface area contributed by atoms with Gasteiger partial charge in [-0.1, -0.05) is 29.8 Å². The highest BCUT2D eigenvalue weighted by atomic mass is 32.2. The molecule has 11 heteroatoms. The molecule has 0 bridgehead atoms. The number of fused-ring (bicyclic) bond motifs is 1. The Balaban J connectivity index is 1.86. The summed E-state index contributed by atoms with van der Waals surface area (Å²) < 4.78 is 81.3. The van der Waals surface area contributed by atoms with Crippen molar-refractivity contribution in [1.29, 1.82) is 0 Å². The number of halogens is 3. The molecule has 192 valence electrons. The van der Waals surface area contributed by atoms with Gasteiger partial charge in [-0.05, 0) is 73.9 Å². The predicted octanol–water partition coefficient (Wildman–Crippen LogP) is 5.35. The smallest absolute Gasteiger partial charge is 0.429 e. The van der Waals surface area contributed by atoms with Gasteiger partial charge in [0.25, 0.3) is 10.1 Å². The van der Waals surface area contributed by atoms with Crippen molar-refractivity contribution in [3.05, 3.63) is 76.3 Å². The van der Waals surface area contributed by atoms with Gasteiger partial charge in [-0.3, -0.25) is 4.55 Å². The Hall–Kier alpha value is -3.44. The summed E-state index contributed by atoms with van der Waals surface area (Å²) in [5.74, 6) is -3.45. The molecule has 0 heterocycles. The van der Waals surface area contributed by atoms with Crippen LogP contribution in [0.4, 0.5) is 13.2 Å². The highest BCUT2D eigenvalue weighted by Gasteiger charge is 2.57. The molecular formula is C25H23F3O7S. The van der Waals surface area contributed by atoms with Gasteiger partial charge in [-0.15, -0.1) is 0 Å². The van der Waals surface area contributed by atoms with Crippen molar-refractivity contribution >= 4 is 32.8 Å². The molecule has 0 saturated carbocycles. The summed E-state index contributed by atoms with van der Waals surface area (Å²) in [6.07, 6.45) is -5.27. The van der Waals surface area contributed by atoms with Gasteiger partial charge >= 0.3 is 18.1 Å². The van der Waals surface area contributed by atoms with E-state index in [1.807, 2.05) is 32.9 Å². The van der Waals surface area contributed by atoms with Gasteiger partial charge < -0.3 is 9.47 Å². The average Bonchev–Trinajstić information content (AvgIpc) is 2.73. The van der Waals surface area contributed by atoms with Crippen molar-refractivity contribution in [1.82, 2.24) is 0 Å². The van der Waals surface area contributed by atoms with Crippen LogP contribution in [0.15, 0.2) is 48.5 Å². The Morgan fingerprint density at radius 3 is 1.78 bits per heavy atom. The molecule has 1 unspecified atom stereocenters. The Kier molecular flexibility index (Phi) is 7.20. The summed E-state index contributed by atoms with van der Waals surface area (Å²) in [4.78, 5) is 25.1. The highest BCUT2D eigenvalue weighted by Crippen LogP contribution is 2.35. The van der Waals surface area contributed by atoms with Gasteiger partial charge in [0.05, 0.1) is 11.1 Å². The molecule has 0 aliphatic carbocycles. The third kappa shape index (κ3) is 6.03. The number of alkyl halides is 3. The maximum Gasteiger partial charge on any atom is 0.429 e. The number of esters is 2. The van der Waals surface area contributed by atoms with E-state index >= 15 is 0 Å². The van der Waals surface area contributed by atoms with E-state index in [4.69, 9.17) is 9.29 Å². The molecule has 36 heavy (non-hydrogen) atoms. The van der Waals surface area contributed by atoms with Crippen LogP contribution in [-0.4, -0.2) is 42.4 Å². The van der Waals surface area contributed by atoms with Crippen molar-refractivity contribution < 1.29 is 45.2 Å². The minimum absolute atomic E-state index is 0.218. The molecule has 3 aromatic carbocycles. The van der Waals surface area contributed by atoms with Crippen molar-refractivity contribution in [3.8, 4) is 5.75 Å². The zero-order valence-electron chi connectivity index (χ0n) is 19.8. The van der Waals surface area contributed by atoms with Crippen LogP contribution in [0.1, 0.15) is 44.3 Å². The second-order valence-corrected chi connectivity index (χ2v) is 10.2. The monoisotopic (exact) mass is 524 g/mol. The fourth-order valence-electron chi connectivity index (χ4n) is 3.76. The van der Waals surface area contributed by atoms with Crippen LogP contribution in [0.25, 0.3) is 10.8 Å². The van der Waals surface area contributed by atoms with E-state index in [9.17, 15) is 31.2 Å². The normalized spacial score (nSPS) is 13.8. The molecular weight excluding hydrogens is 501 g/mol. The van der Waals surface area contributed by atoms with Crippen molar-refractivity contribution in [3.63, 3.8) is 0 Å². The zero-order chi connectivity index (χ0) is 27.1. The third-order valence-electron chi connectivity index (χ3n) is 5.49. The number of carbonyl (C=O) groups is 2. The van der Waals surface area contributed by atoms with E-state index in [1.54, 1.807) is 0 Å². The van der Waals surface area contributed by atoms with E-state index in [0.29, 0.717) is 23.4 Å². The predicted molar refractivity (Wildman–Crippen MR) is 126 cm³/mol. The fourth-order valence-corrected chi connectivity index (χ4v) is 4.68. The van der Waals surface area contributed by atoms with Crippen LogP contribution in [0.2, 0.25) is 0 Å². The van der Waals surface area contributed by atoms with E-state index in [0.717, 1.165) is 16.7 Å². The molecule has 3 rings (SSSR count). The number of rotatable bonds is 6. The fraction of sp³-hybridized carbons (Fsp3) is 0.280. The van der Waals surface area contributed by atoms with Crippen LogP contribution in [-0.2, 0) is 14.9 Å². The summed E-state index contributed by atoms with van der Waals surface area (Å²) in [6, 6.07) is 12.0. The summed E-state index contributed by atoms with van der Waals surface area (Å²) in [6.45, 7) is 5.93. The molecule has 0 aliphatic rings. The maximum absolute atomic E-state index is 13.4. The molecule has 0 amide bonds. The van der Waals surface area contributed by atoms with Gasteiger partial charge in [0.15, 0.2) is 0 Å². The second-order valence-electron chi connectivity index (χ2n) is 8.74. The number of carbonyl (C=O) groups excluding carboxylic acids is 2. The SMILES string of the molecule is Cc1cc(C)c(OC(=O)c2ccc3cc(C(=O)OC(C)(CS(=O)(=O)O)C(F)(F)F)ccc3c2)c(C)c1. The quantitative estimate of drug-likeness (QED) is 0.263. The first-order valence-electron chi connectivity index (χ1n) is 10.6. The maximum atomic E-state index is 13.4. The summed E-state index contributed by atoms with van der Waals surface area (Å²) in [5, 5.41) is 0.905. The Labute approximate surface area is 205 Å². The highest BCUT2D eigenvalue weighted by molar-refractivity contribution is 7.85. The first kappa shape index (κ1) is 27.2. The molecule has 0 spiro atoms. The van der Waals surface area contributed by atoms with E-state index in [1.165, 1.54) is 36.4 Å². The molecule has 0 radical (unpaired) electrons. The molecule has 1 atom stereocenters. The van der Waals surface area contributed by atoms with Crippen LogP contribution in [0.5, 0.6) is 5.75 Å². The molecule has 0 saturated heterocycles. The summed E-state index contributed by atoms with van der Waals surface area (Å²) in [7, 11) is -5.11. The van der Waals surface area contributed by atoms with Gasteiger partial charge in [-0.2, -0.15) is 21.6 Å². The largest absolute Gasteiger partial charge is 0.445 e. The summed E-state index contributed by atoms with van der Waals surface area (Å²) >= 11 is 0. The first-order valence-corrected chi connectivity index (χ1v) is 12.2. The molecule has 0 aromatic heterocycles. The number of hydrogen-bond donors (Lipinski definition) is 1. The molecule has 1 N–H and O–H groups in total. The van der Waals surface area contributed by atoms with Gasteiger partial charge in [-0.25, -0.2) is 9.59 Å². The molecule has 7 nitrogen and oxygen atoms in total. The molecule has 0 aliphatic heterocycles. The molecule has 0 fully saturated rings. The Morgan fingerprint density at radius 2 is 1.33 bits per heavy atom. The topological polar surface area (TPSA) is 107 Å². The van der Waals surface area contributed by atoms with Crippen molar-refractivity contribution in [2.24, 2.45) is 0 Å². The Morgan fingerprint density at radius 1 is 0.861 bits per heavy atom. The minimum atomic E-state index is -5.27. The lowest BCUT2D eigenvalue weighted by Crippen LogP contribution is -2.51. The first-order chi connectivity index (χ1) is 16.5. The lowest BCUT2D eigenvalue weighted by Gasteiger charge is -2.30. The van der Waals surface area contributed by atoms with E-state index in [-0.39, 0.29) is 11.1 Å². The van der Waals surface area contributed by atoms with Crippen LogP contribution in [0.3, 0.4) is 0 Å². The van der Waals surface area contributed by atoms with Gasteiger partial charge in [0.1, 0.15) is 11.5 Å². The van der Waals surface area contributed by atoms with E-state index < -0.39 is 39.6 Å². The number of benzene rings is 3. The summed E-state index contributed by atoms with van der Waals surface area (Å²) in [5.41, 5.74) is -0.913.